The van der Waals surface area contributed by atoms with E-state index in [-0.39, 0.29) is 5.96 Å². The van der Waals surface area contributed by atoms with Crippen LogP contribution >= 0.6 is 0 Å². The Bertz CT molecular complexity index is 233. The molecule has 0 rings (SSSR count). The van der Waals surface area contributed by atoms with Gasteiger partial charge in [-0.2, -0.15) is 0 Å². The van der Waals surface area contributed by atoms with Gasteiger partial charge in [-0.15, -0.1) is 0 Å². The number of aliphatic imine (C=N–C) groups is 1. The summed E-state index contributed by atoms with van der Waals surface area (Å²) in [5, 5.41) is 11.9. The maximum atomic E-state index is 10.1. The molecule has 0 atom stereocenters. The quantitative estimate of drug-likeness (QED) is 0.223. The number of nitrogens with one attached hydrogen (secondary N) is 1. The van der Waals surface area contributed by atoms with Gasteiger partial charge in [-0.05, 0) is 0 Å². The van der Waals surface area contributed by atoms with E-state index in [1.54, 1.807) is 0 Å². The number of rotatable bonds is 6. The SMILES string of the molecule is CB(O)/N=C(\N=C/B=O)NCCCCN. The van der Waals surface area contributed by atoms with Crippen molar-refractivity contribution >= 4 is 26.3 Å². The Labute approximate surface area is 90.4 Å². The van der Waals surface area contributed by atoms with Crippen molar-refractivity contribution in [2.45, 2.75) is 19.7 Å². The molecule has 82 valence electrons. The van der Waals surface area contributed by atoms with Gasteiger partial charge < -0.3 is 0 Å². The van der Waals surface area contributed by atoms with Gasteiger partial charge in [0.05, 0.1) is 0 Å². The van der Waals surface area contributed by atoms with Crippen LogP contribution < -0.4 is 11.1 Å². The van der Waals surface area contributed by atoms with Crippen LogP contribution in [-0.4, -0.2) is 44.4 Å². The predicted molar refractivity (Wildman–Crippen MR) is 62.5 cm³/mol. The van der Waals surface area contributed by atoms with E-state index in [0.29, 0.717) is 20.2 Å². The van der Waals surface area contributed by atoms with Gasteiger partial charge in [0.25, 0.3) is 0 Å². The van der Waals surface area contributed by atoms with E-state index in [9.17, 15) is 4.70 Å². The zero-order chi connectivity index (χ0) is 11.5. The summed E-state index contributed by atoms with van der Waals surface area (Å²) in [6.07, 6.45) is 2.88. The number of hydrogen-bond acceptors (Lipinski definition) is 4. The zero-order valence-electron chi connectivity index (χ0n) is 8.89. The van der Waals surface area contributed by atoms with Gasteiger partial charge in [-0.25, -0.2) is 0 Å². The summed E-state index contributed by atoms with van der Waals surface area (Å²) >= 11 is 0. The average molecular weight is 210 g/mol. The average Bonchev–Trinajstić information content (AvgIpc) is 2.19. The molecule has 0 aromatic carbocycles. The molecule has 15 heavy (non-hydrogen) atoms. The molecule has 0 aliphatic rings. The molecular formula is C7H16B2N4O2. The maximum absolute atomic E-state index is 10.1. The van der Waals surface area contributed by atoms with Crippen molar-refractivity contribution in [3.05, 3.63) is 0 Å². The first-order valence-corrected chi connectivity index (χ1v) is 4.88. The molecule has 0 saturated carbocycles. The molecule has 4 N–H and O–H groups in total. The summed E-state index contributed by atoms with van der Waals surface area (Å²) in [6, 6.07) is 0. The van der Waals surface area contributed by atoms with E-state index in [0.717, 1.165) is 19.0 Å². The van der Waals surface area contributed by atoms with Gasteiger partial charge >= 0.3 is 89.7 Å². The van der Waals surface area contributed by atoms with Gasteiger partial charge in [0, 0.05) is 0 Å². The van der Waals surface area contributed by atoms with Gasteiger partial charge in [-0.1, -0.05) is 0 Å². The molecule has 0 aromatic heterocycles. The molecule has 0 aliphatic carbocycles. The topological polar surface area (TPSA) is 100 Å². The third kappa shape index (κ3) is 9.30. The first-order valence-electron chi connectivity index (χ1n) is 4.88. The van der Waals surface area contributed by atoms with Crippen LogP contribution in [0.15, 0.2) is 9.90 Å². The van der Waals surface area contributed by atoms with E-state index < -0.39 is 7.05 Å². The van der Waals surface area contributed by atoms with Crippen LogP contribution in [0.25, 0.3) is 0 Å². The van der Waals surface area contributed by atoms with Crippen molar-refractivity contribution in [2.75, 3.05) is 13.1 Å². The Balaban J connectivity index is 4.02. The second kappa shape index (κ2) is 9.54. The van der Waals surface area contributed by atoms with E-state index >= 15 is 0 Å². The fourth-order valence-corrected chi connectivity index (χ4v) is 0.872. The molecule has 0 radical (unpaired) electrons. The summed E-state index contributed by atoms with van der Waals surface area (Å²) in [4.78, 5) is 7.52. The number of nitrogens with two attached hydrogens (primary N) is 1. The van der Waals surface area contributed by atoms with Crippen molar-refractivity contribution in [3.63, 3.8) is 0 Å². The molecule has 8 heteroatoms. The fourth-order valence-electron chi connectivity index (χ4n) is 0.872. The number of nitrogens with zero attached hydrogens (tertiary/aromatic N) is 2. The van der Waals surface area contributed by atoms with Crippen LogP contribution in [0.4, 0.5) is 0 Å². The van der Waals surface area contributed by atoms with Crippen molar-refractivity contribution in [1.29, 1.82) is 0 Å². The van der Waals surface area contributed by atoms with Crippen LogP contribution in [0.3, 0.4) is 0 Å². The van der Waals surface area contributed by atoms with Crippen LogP contribution in [0.2, 0.25) is 6.82 Å². The van der Waals surface area contributed by atoms with Crippen LogP contribution in [0, 0.1) is 0 Å². The van der Waals surface area contributed by atoms with Crippen LogP contribution in [0.5, 0.6) is 0 Å². The van der Waals surface area contributed by atoms with Crippen molar-refractivity contribution in [1.82, 2.24) is 5.32 Å². The standard InChI is InChI=1S/C7H16B2N4O2/c1-9(15)13-7(12-6-8-14)11-5-3-2-4-10/h6,15H,2-5,10H2,1H3,(H,11,13)/b12-6-. The monoisotopic (exact) mass is 210 g/mol. The molecule has 0 spiro atoms. The molecule has 0 aliphatic heterocycles. The Morgan fingerprint density at radius 3 is 2.93 bits per heavy atom. The Morgan fingerprint density at radius 2 is 2.40 bits per heavy atom. The molecule has 0 fully saturated rings. The molecule has 0 amide bonds. The van der Waals surface area contributed by atoms with E-state index in [2.05, 4.69) is 15.2 Å². The molecule has 0 saturated heterocycles. The Kier molecular flexibility index (Phi) is 8.90. The van der Waals surface area contributed by atoms with Crippen LogP contribution in [-0.2, 0) is 4.70 Å². The van der Waals surface area contributed by atoms with Crippen molar-refractivity contribution in [3.8, 4) is 0 Å². The third-order valence-electron chi connectivity index (χ3n) is 1.48. The minimum atomic E-state index is -0.842. The number of guanidine groups is 1. The van der Waals surface area contributed by atoms with Crippen molar-refractivity contribution < 1.29 is 9.73 Å². The molecule has 0 unspecified atom stereocenters. The minimum absolute atomic E-state index is 0.258. The Hall–Kier alpha value is -1.01. The first-order chi connectivity index (χ1) is 7.20. The summed E-state index contributed by atoms with van der Waals surface area (Å²) in [5.74, 6) is 0.258. The summed E-state index contributed by atoms with van der Waals surface area (Å²) in [6.45, 7) is 2.82. The number of hydrogen-bond donors (Lipinski definition) is 3. The number of unbranched alkanes of at least 4 members (excludes halogenated alkanes) is 1. The molecule has 6 nitrogen and oxygen atoms in total. The van der Waals surface area contributed by atoms with E-state index in [1.807, 2.05) is 0 Å². The molecule has 0 bridgehead atoms. The van der Waals surface area contributed by atoms with E-state index in [4.69, 9.17) is 10.8 Å². The summed E-state index contributed by atoms with van der Waals surface area (Å²) in [7, 11) is -0.287. The van der Waals surface area contributed by atoms with Gasteiger partial charge in [0.2, 0.25) is 0 Å². The van der Waals surface area contributed by atoms with Crippen LogP contribution in [0.1, 0.15) is 12.8 Å². The fraction of sp³-hybridized carbons (Fsp3) is 0.714. The van der Waals surface area contributed by atoms with Crippen molar-refractivity contribution in [2.24, 2.45) is 15.6 Å². The van der Waals surface area contributed by atoms with E-state index in [1.165, 1.54) is 6.82 Å². The summed E-state index contributed by atoms with van der Waals surface area (Å²) in [5.41, 5.74) is 5.33. The normalized spacial score (nSPS) is 11.5. The zero-order valence-corrected chi connectivity index (χ0v) is 8.89. The summed E-state index contributed by atoms with van der Waals surface area (Å²) < 4.78 is 10.1. The molecular weight excluding hydrogens is 194 g/mol. The second-order valence-corrected chi connectivity index (χ2v) is 2.92. The first kappa shape index (κ1) is 14.0. The predicted octanol–water partition coefficient (Wildman–Crippen LogP) is -1.14. The Morgan fingerprint density at radius 1 is 1.67 bits per heavy atom. The van der Waals surface area contributed by atoms with Gasteiger partial charge in [0.15, 0.2) is 0 Å². The van der Waals surface area contributed by atoms with Gasteiger partial charge in [0.1, 0.15) is 0 Å². The van der Waals surface area contributed by atoms with Gasteiger partial charge in [-0.3, -0.25) is 0 Å². The third-order valence-corrected chi connectivity index (χ3v) is 1.48. The molecule has 0 aromatic rings. The second-order valence-electron chi connectivity index (χ2n) is 2.92. The molecule has 0 heterocycles.